The molecule has 10 heteroatoms. The van der Waals surface area contributed by atoms with Crippen LogP contribution in [0.25, 0.3) is 0 Å². The molecule has 9 nitrogen and oxygen atoms in total. The summed E-state index contributed by atoms with van der Waals surface area (Å²) in [5.74, 6) is 1.31. The summed E-state index contributed by atoms with van der Waals surface area (Å²) in [6, 6.07) is 2.04. The van der Waals surface area contributed by atoms with E-state index in [0.717, 1.165) is 49.9 Å². The Hall–Kier alpha value is -2.65. The van der Waals surface area contributed by atoms with Crippen molar-refractivity contribution in [1.82, 2.24) is 34.8 Å². The van der Waals surface area contributed by atoms with Crippen LogP contribution in [-0.2, 0) is 13.6 Å². The first-order valence-corrected chi connectivity index (χ1v) is 10.5. The van der Waals surface area contributed by atoms with Crippen molar-refractivity contribution in [1.29, 1.82) is 0 Å². The summed E-state index contributed by atoms with van der Waals surface area (Å²) in [5.41, 5.74) is 2.23. The van der Waals surface area contributed by atoms with Gasteiger partial charge in [-0.2, -0.15) is 15.2 Å². The highest BCUT2D eigenvalue weighted by atomic mass is 35.5. The Morgan fingerprint density at radius 2 is 1.93 bits per heavy atom. The van der Waals surface area contributed by atoms with E-state index in [4.69, 9.17) is 16.6 Å². The van der Waals surface area contributed by atoms with E-state index in [-0.39, 0.29) is 10.8 Å². The molecule has 2 aliphatic rings. The topological polar surface area (TPSA) is 90.8 Å². The summed E-state index contributed by atoms with van der Waals surface area (Å²) in [4.78, 5) is 13.9. The third-order valence-electron chi connectivity index (χ3n) is 6.61. The first kappa shape index (κ1) is 19.3. The molecular weight excluding hydrogens is 402 g/mol. The zero-order chi connectivity index (χ0) is 20.9. The molecule has 3 aromatic rings. The predicted octanol–water partition coefficient (Wildman–Crippen LogP) is 2.68. The van der Waals surface area contributed by atoms with Crippen LogP contribution in [0.2, 0.25) is 5.02 Å². The minimum atomic E-state index is 0.147. The van der Waals surface area contributed by atoms with E-state index in [9.17, 15) is 0 Å². The molecule has 0 aromatic carbocycles. The van der Waals surface area contributed by atoms with Gasteiger partial charge in [0.2, 0.25) is 5.95 Å². The summed E-state index contributed by atoms with van der Waals surface area (Å²) in [7, 11) is 1.87. The lowest BCUT2D eigenvalue weighted by Gasteiger charge is -2.30. The maximum absolute atomic E-state index is 6.52. The molecule has 158 valence electrons. The van der Waals surface area contributed by atoms with E-state index >= 15 is 0 Å². The number of rotatable bonds is 5. The van der Waals surface area contributed by atoms with Gasteiger partial charge in [0.25, 0.3) is 0 Å². The molecular formula is C20H26ClN9. The molecule has 2 saturated heterocycles. The van der Waals surface area contributed by atoms with Crippen LogP contribution >= 0.6 is 11.6 Å². The summed E-state index contributed by atoms with van der Waals surface area (Å²) in [6.07, 6.45) is 7.18. The fourth-order valence-corrected chi connectivity index (χ4v) is 5.14. The molecule has 0 radical (unpaired) electrons. The van der Waals surface area contributed by atoms with Gasteiger partial charge in [-0.05, 0) is 6.07 Å². The smallest absolute Gasteiger partial charge is 0.229 e. The van der Waals surface area contributed by atoms with E-state index in [1.165, 1.54) is 0 Å². The van der Waals surface area contributed by atoms with Crippen LogP contribution in [-0.4, -0.2) is 61.0 Å². The number of hydrogen-bond donors (Lipinski definition) is 2. The third kappa shape index (κ3) is 3.31. The van der Waals surface area contributed by atoms with Crippen LogP contribution in [0.5, 0.6) is 0 Å². The molecule has 5 heterocycles. The Morgan fingerprint density at radius 1 is 1.17 bits per heavy atom. The standard InChI is InChI=1S/C20H26ClN9/c1-19-10-29(9-14-4-5-23-27-14)11-20(19,2)13-30(12-19)17-16(21)7-22-18(26-17)25-15-6-24-28(3)8-15/h4-8H,9-13H2,1-3H3,(H,23,27)(H,22,25,26)/t19-,20+. The molecule has 5 rings (SSSR count). The number of aryl methyl sites for hydroxylation is 1. The van der Waals surface area contributed by atoms with Crippen LogP contribution in [0, 0.1) is 10.8 Å². The van der Waals surface area contributed by atoms with Crippen LogP contribution in [0.4, 0.5) is 17.5 Å². The van der Waals surface area contributed by atoms with Crippen molar-refractivity contribution in [3.8, 4) is 0 Å². The fraction of sp³-hybridized carbons (Fsp3) is 0.500. The number of H-pyrrole nitrogens is 1. The van der Waals surface area contributed by atoms with Crippen LogP contribution in [0.1, 0.15) is 19.5 Å². The molecule has 0 spiro atoms. The van der Waals surface area contributed by atoms with Gasteiger partial charge < -0.3 is 10.2 Å². The summed E-state index contributed by atoms with van der Waals surface area (Å²) in [6.45, 7) is 9.49. The maximum atomic E-state index is 6.52. The number of fused-ring (bicyclic) bond motifs is 1. The van der Waals surface area contributed by atoms with Crippen LogP contribution < -0.4 is 10.2 Å². The minimum absolute atomic E-state index is 0.147. The largest absolute Gasteiger partial charge is 0.354 e. The minimum Gasteiger partial charge on any atom is -0.354 e. The number of likely N-dealkylation sites (tertiary alicyclic amines) is 1. The molecule has 30 heavy (non-hydrogen) atoms. The molecule has 0 bridgehead atoms. The van der Waals surface area contributed by atoms with E-state index < -0.39 is 0 Å². The van der Waals surface area contributed by atoms with Gasteiger partial charge in [0.15, 0.2) is 5.82 Å². The number of nitrogens with zero attached hydrogens (tertiary/aromatic N) is 7. The van der Waals surface area contributed by atoms with Crippen LogP contribution in [0.3, 0.4) is 0 Å². The number of anilines is 3. The monoisotopic (exact) mass is 427 g/mol. The van der Waals surface area contributed by atoms with Gasteiger partial charge in [-0.15, -0.1) is 0 Å². The van der Waals surface area contributed by atoms with E-state index in [0.29, 0.717) is 11.0 Å². The number of aromatic nitrogens is 6. The number of halogens is 1. The molecule has 0 unspecified atom stereocenters. The van der Waals surface area contributed by atoms with Crippen LogP contribution in [0.15, 0.2) is 30.9 Å². The Bertz CT molecular complexity index is 1030. The zero-order valence-electron chi connectivity index (χ0n) is 17.4. The zero-order valence-corrected chi connectivity index (χ0v) is 18.2. The lowest BCUT2D eigenvalue weighted by Crippen LogP contribution is -2.34. The highest BCUT2D eigenvalue weighted by Gasteiger charge is 2.57. The van der Waals surface area contributed by atoms with E-state index in [1.807, 2.05) is 25.5 Å². The van der Waals surface area contributed by atoms with E-state index in [2.05, 4.69) is 49.2 Å². The Balaban J connectivity index is 1.34. The molecule has 3 aromatic heterocycles. The summed E-state index contributed by atoms with van der Waals surface area (Å²) >= 11 is 6.52. The average molecular weight is 428 g/mol. The second-order valence-corrected chi connectivity index (χ2v) is 9.49. The Kier molecular flexibility index (Phi) is 4.48. The molecule has 0 amide bonds. The normalized spacial score (nSPS) is 26.3. The summed E-state index contributed by atoms with van der Waals surface area (Å²) in [5, 5.41) is 15.2. The van der Waals surface area contributed by atoms with Gasteiger partial charge in [0.05, 0.1) is 23.8 Å². The molecule has 2 N–H and O–H groups in total. The third-order valence-corrected chi connectivity index (χ3v) is 6.88. The second-order valence-electron chi connectivity index (χ2n) is 9.08. The molecule has 2 aliphatic heterocycles. The van der Waals surface area contributed by atoms with Crippen molar-refractivity contribution in [2.24, 2.45) is 17.9 Å². The summed E-state index contributed by atoms with van der Waals surface area (Å²) < 4.78 is 1.73. The quantitative estimate of drug-likeness (QED) is 0.646. The van der Waals surface area contributed by atoms with Crippen molar-refractivity contribution in [2.45, 2.75) is 20.4 Å². The van der Waals surface area contributed by atoms with Gasteiger partial charge in [0.1, 0.15) is 5.02 Å². The van der Waals surface area contributed by atoms with Gasteiger partial charge >= 0.3 is 0 Å². The average Bonchev–Trinajstić information content (AvgIpc) is 3.41. The van der Waals surface area contributed by atoms with Crippen molar-refractivity contribution in [2.75, 3.05) is 36.4 Å². The lowest BCUT2D eigenvalue weighted by molar-refractivity contribution is 0.212. The highest BCUT2D eigenvalue weighted by Crippen LogP contribution is 2.53. The molecule has 2 atom stereocenters. The van der Waals surface area contributed by atoms with Gasteiger partial charge in [-0.1, -0.05) is 25.4 Å². The van der Waals surface area contributed by atoms with Crippen molar-refractivity contribution in [3.63, 3.8) is 0 Å². The lowest BCUT2D eigenvalue weighted by atomic mass is 9.71. The van der Waals surface area contributed by atoms with Gasteiger partial charge in [-0.25, -0.2) is 4.98 Å². The SMILES string of the molecule is Cn1cc(Nc2ncc(Cl)c(N3C[C@]4(C)CN(Cc5cc[nH]n5)C[C@]4(C)C3)n2)cn1. The molecule has 0 saturated carbocycles. The predicted molar refractivity (Wildman–Crippen MR) is 116 cm³/mol. The number of nitrogens with one attached hydrogen (secondary N) is 2. The molecule has 0 aliphatic carbocycles. The number of aromatic amines is 1. The second kappa shape index (κ2) is 6.95. The maximum Gasteiger partial charge on any atom is 0.229 e. The Morgan fingerprint density at radius 3 is 2.57 bits per heavy atom. The van der Waals surface area contributed by atoms with Crippen molar-refractivity contribution in [3.05, 3.63) is 41.6 Å². The fourth-order valence-electron chi connectivity index (χ4n) is 4.93. The van der Waals surface area contributed by atoms with Crippen molar-refractivity contribution >= 4 is 29.1 Å². The highest BCUT2D eigenvalue weighted by molar-refractivity contribution is 6.32. The number of hydrogen-bond acceptors (Lipinski definition) is 7. The Labute approximate surface area is 180 Å². The van der Waals surface area contributed by atoms with Gasteiger partial charge in [-0.3, -0.25) is 14.7 Å². The first-order valence-electron chi connectivity index (χ1n) is 10.1. The molecule has 2 fully saturated rings. The van der Waals surface area contributed by atoms with E-state index in [1.54, 1.807) is 17.1 Å². The first-order chi connectivity index (χ1) is 14.3. The van der Waals surface area contributed by atoms with Gasteiger partial charge in [0, 0.05) is 63.0 Å². The van der Waals surface area contributed by atoms with Crippen molar-refractivity contribution < 1.29 is 0 Å².